The number of hydrogen-bond acceptors (Lipinski definition) is 3. The lowest BCUT2D eigenvalue weighted by Crippen LogP contribution is -2.31. The highest BCUT2D eigenvalue weighted by atomic mass is 16.5. The van der Waals surface area contributed by atoms with Crippen LogP contribution in [0.25, 0.3) is 0 Å². The van der Waals surface area contributed by atoms with Gasteiger partial charge in [-0.1, -0.05) is 0 Å². The molecule has 1 fully saturated rings. The molecule has 0 aromatic heterocycles. The summed E-state index contributed by atoms with van der Waals surface area (Å²) >= 11 is 0. The maximum Gasteiger partial charge on any atom is 0.119 e. The number of nitrogens with two attached hydrogens (primary N) is 1. The van der Waals surface area contributed by atoms with Crippen LogP contribution in [0.3, 0.4) is 0 Å². The van der Waals surface area contributed by atoms with Crippen molar-refractivity contribution in [3.8, 4) is 11.8 Å². The molecule has 0 saturated heterocycles. The van der Waals surface area contributed by atoms with Crippen LogP contribution in [0.2, 0.25) is 0 Å². The summed E-state index contributed by atoms with van der Waals surface area (Å²) < 4.78 is 5.84. The van der Waals surface area contributed by atoms with Gasteiger partial charge in [-0.3, -0.25) is 0 Å². The first kappa shape index (κ1) is 11.0. The molecule has 0 bridgehead atoms. The third-order valence-corrected chi connectivity index (χ3v) is 3.01. The van der Waals surface area contributed by atoms with Crippen LogP contribution in [-0.2, 0) is 0 Å². The fraction of sp³-hybridized carbons (Fsp3) is 0.462. The molecule has 0 spiro atoms. The number of nitriles is 1. The lowest BCUT2D eigenvalue weighted by molar-refractivity contribution is 0.147. The van der Waals surface area contributed by atoms with E-state index in [4.69, 9.17) is 15.7 Å². The minimum Gasteiger partial charge on any atom is -0.490 e. The van der Waals surface area contributed by atoms with Gasteiger partial charge in [0.15, 0.2) is 0 Å². The summed E-state index contributed by atoms with van der Waals surface area (Å²) in [7, 11) is 0. The van der Waals surface area contributed by atoms with Gasteiger partial charge in [-0.15, -0.1) is 0 Å². The largest absolute Gasteiger partial charge is 0.490 e. The Bertz CT molecular complexity index is 372. The van der Waals surface area contributed by atoms with Crippen LogP contribution in [0.1, 0.15) is 31.2 Å². The van der Waals surface area contributed by atoms with E-state index < -0.39 is 0 Å². The maximum atomic E-state index is 8.67. The van der Waals surface area contributed by atoms with E-state index >= 15 is 0 Å². The van der Waals surface area contributed by atoms with Crippen molar-refractivity contribution >= 4 is 0 Å². The Kier molecular flexibility index (Phi) is 3.43. The van der Waals surface area contributed by atoms with Crippen LogP contribution in [0.15, 0.2) is 24.3 Å². The molecule has 1 aromatic rings. The second-order valence-corrected chi connectivity index (χ2v) is 4.29. The number of benzene rings is 1. The molecule has 0 heterocycles. The molecule has 1 saturated carbocycles. The highest BCUT2D eigenvalue weighted by molar-refractivity contribution is 5.34. The number of nitrogens with zero attached hydrogens (tertiary/aromatic N) is 1. The predicted octanol–water partition coefficient (Wildman–Crippen LogP) is 2.21. The van der Waals surface area contributed by atoms with Gasteiger partial charge in [0.1, 0.15) is 5.75 Å². The first-order valence-electron chi connectivity index (χ1n) is 5.70. The predicted molar refractivity (Wildman–Crippen MR) is 62.0 cm³/mol. The normalized spacial score (nSPS) is 24.8. The minimum absolute atomic E-state index is 0.285. The Labute approximate surface area is 95.8 Å². The molecule has 0 amide bonds. The summed E-state index contributed by atoms with van der Waals surface area (Å²) in [6, 6.07) is 9.71. The lowest BCUT2D eigenvalue weighted by atomic mass is 9.94. The molecule has 0 unspecified atom stereocenters. The van der Waals surface area contributed by atoms with Gasteiger partial charge in [-0.05, 0) is 49.9 Å². The van der Waals surface area contributed by atoms with Crippen molar-refractivity contribution in [2.45, 2.75) is 37.8 Å². The van der Waals surface area contributed by atoms with Crippen LogP contribution in [0, 0.1) is 11.3 Å². The smallest absolute Gasteiger partial charge is 0.119 e. The van der Waals surface area contributed by atoms with Gasteiger partial charge in [-0.2, -0.15) is 5.26 Å². The zero-order valence-corrected chi connectivity index (χ0v) is 9.23. The van der Waals surface area contributed by atoms with E-state index in [9.17, 15) is 0 Å². The minimum atomic E-state index is 0.285. The van der Waals surface area contributed by atoms with Crippen molar-refractivity contribution in [2.75, 3.05) is 0 Å². The number of ether oxygens (including phenoxy) is 1. The van der Waals surface area contributed by atoms with E-state index in [0.717, 1.165) is 31.4 Å². The summed E-state index contributed by atoms with van der Waals surface area (Å²) in [6.07, 6.45) is 4.43. The molecule has 0 aliphatic heterocycles. The zero-order chi connectivity index (χ0) is 11.4. The molecule has 84 valence electrons. The highest BCUT2D eigenvalue weighted by Gasteiger charge is 2.19. The number of hydrogen-bond donors (Lipinski definition) is 1. The van der Waals surface area contributed by atoms with E-state index in [2.05, 4.69) is 6.07 Å². The number of rotatable bonds is 2. The SMILES string of the molecule is N#Cc1ccc(OC2CCC(N)CC2)cc1. The molecule has 1 aromatic carbocycles. The van der Waals surface area contributed by atoms with Gasteiger partial charge in [0.2, 0.25) is 0 Å². The Hall–Kier alpha value is -1.53. The Morgan fingerprint density at radius 1 is 1.12 bits per heavy atom. The molecule has 1 aliphatic carbocycles. The lowest BCUT2D eigenvalue weighted by Gasteiger charge is -2.26. The molecule has 1 aliphatic rings. The second-order valence-electron chi connectivity index (χ2n) is 4.29. The monoisotopic (exact) mass is 216 g/mol. The Morgan fingerprint density at radius 3 is 2.31 bits per heavy atom. The van der Waals surface area contributed by atoms with Crippen molar-refractivity contribution in [1.82, 2.24) is 0 Å². The summed E-state index contributed by atoms with van der Waals surface area (Å²) in [5.41, 5.74) is 6.50. The summed E-state index contributed by atoms with van der Waals surface area (Å²) in [6.45, 7) is 0. The molecular weight excluding hydrogens is 200 g/mol. The Balaban J connectivity index is 1.91. The van der Waals surface area contributed by atoms with Crippen LogP contribution in [-0.4, -0.2) is 12.1 Å². The van der Waals surface area contributed by atoms with E-state index in [-0.39, 0.29) is 6.10 Å². The zero-order valence-electron chi connectivity index (χ0n) is 9.23. The molecule has 3 nitrogen and oxygen atoms in total. The second kappa shape index (κ2) is 5.00. The topological polar surface area (TPSA) is 59.0 Å². The van der Waals surface area contributed by atoms with E-state index in [0.29, 0.717) is 11.6 Å². The first-order valence-corrected chi connectivity index (χ1v) is 5.70. The van der Waals surface area contributed by atoms with Gasteiger partial charge < -0.3 is 10.5 Å². The molecule has 3 heteroatoms. The van der Waals surface area contributed by atoms with Crippen molar-refractivity contribution < 1.29 is 4.74 Å². The molecule has 2 rings (SSSR count). The quantitative estimate of drug-likeness (QED) is 0.824. The average molecular weight is 216 g/mol. The third-order valence-electron chi connectivity index (χ3n) is 3.01. The fourth-order valence-electron chi connectivity index (χ4n) is 2.01. The van der Waals surface area contributed by atoms with Crippen molar-refractivity contribution in [1.29, 1.82) is 5.26 Å². The van der Waals surface area contributed by atoms with Crippen molar-refractivity contribution in [3.63, 3.8) is 0 Å². The molecule has 16 heavy (non-hydrogen) atoms. The highest BCUT2D eigenvalue weighted by Crippen LogP contribution is 2.23. The fourth-order valence-corrected chi connectivity index (χ4v) is 2.01. The van der Waals surface area contributed by atoms with Crippen LogP contribution in [0.5, 0.6) is 5.75 Å². The van der Waals surface area contributed by atoms with Gasteiger partial charge in [0.05, 0.1) is 17.7 Å². The first-order chi connectivity index (χ1) is 7.78. The van der Waals surface area contributed by atoms with E-state index in [1.165, 1.54) is 0 Å². The van der Waals surface area contributed by atoms with Gasteiger partial charge in [0.25, 0.3) is 0 Å². The third kappa shape index (κ3) is 2.74. The summed E-state index contributed by atoms with van der Waals surface area (Å²) in [4.78, 5) is 0. The summed E-state index contributed by atoms with van der Waals surface area (Å²) in [5, 5.41) is 8.67. The van der Waals surface area contributed by atoms with Crippen LogP contribution >= 0.6 is 0 Å². The van der Waals surface area contributed by atoms with E-state index in [1.807, 2.05) is 12.1 Å². The summed E-state index contributed by atoms with van der Waals surface area (Å²) in [5.74, 6) is 0.847. The standard InChI is InChI=1S/C13H16N2O/c14-9-10-1-5-12(6-2-10)16-13-7-3-11(15)4-8-13/h1-2,5-6,11,13H,3-4,7-8,15H2. The molecule has 0 atom stereocenters. The average Bonchev–Trinajstić information content (AvgIpc) is 2.33. The van der Waals surface area contributed by atoms with Gasteiger partial charge in [-0.25, -0.2) is 0 Å². The molecule has 0 radical (unpaired) electrons. The van der Waals surface area contributed by atoms with Gasteiger partial charge in [0, 0.05) is 6.04 Å². The van der Waals surface area contributed by atoms with Gasteiger partial charge >= 0.3 is 0 Å². The molecule has 2 N–H and O–H groups in total. The van der Waals surface area contributed by atoms with Crippen molar-refractivity contribution in [2.24, 2.45) is 5.73 Å². The van der Waals surface area contributed by atoms with Crippen LogP contribution in [0.4, 0.5) is 0 Å². The van der Waals surface area contributed by atoms with Crippen LogP contribution < -0.4 is 10.5 Å². The molecular formula is C13H16N2O. The maximum absolute atomic E-state index is 8.67. The van der Waals surface area contributed by atoms with E-state index in [1.54, 1.807) is 12.1 Å². The Morgan fingerprint density at radius 2 is 1.75 bits per heavy atom. The van der Waals surface area contributed by atoms with Crippen molar-refractivity contribution in [3.05, 3.63) is 29.8 Å².